The maximum Gasteiger partial charge on any atom is 0.124 e. The van der Waals surface area contributed by atoms with E-state index in [1.807, 2.05) is 84.9 Å². The summed E-state index contributed by atoms with van der Waals surface area (Å²) in [4.78, 5) is 0. The average molecular weight is 591 g/mol. The molecule has 0 saturated heterocycles. The molecule has 0 fully saturated rings. The Kier molecular flexibility index (Phi) is 6.81. The summed E-state index contributed by atoms with van der Waals surface area (Å²) in [6.07, 6.45) is 0. The molecular formula is C44H30O2. The van der Waals surface area contributed by atoms with Crippen molar-refractivity contribution < 1.29 is 10.2 Å². The van der Waals surface area contributed by atoms with Crippen molar-refractivity contribution in [3.63, 3.8) is 0 Å². The van der Waals surface area contributed by atoms with Crippen LogP contribution in [0.2, 0.25) is 0 Å². The van der Waals surface area contributed by atoms with E-state index in [9.17, 15) is 10.2 Å². The summed E-state index contributed by atoms with van der Waals surface area (Å²) in [6, 6.07) is 57.4. The Hall–Kier alpha value is -6.12. The van der Waals surface area contributed by atoms with Gasteiger partial charge in [-0.2, -0.15) is 0 Å². The van der Waals surface area contributed by atoms with Crippen molar-refractivity contribution in [2.45, 2.75) is 0 Å². The largest absolute Gasteiger partial charge is 0.507 e. The summed E-state index contributed by atoms with van der Waals surface area (Å²) >= 11 is 0. The molecular weight excluding hydrogens is 560 g/mol. The minimum absolute atomic E-state index is 0.120. The van der Waals surface area contributed by atoms with Crippen LogP contribution in [-0.4, -0.2) is 10.2 Å². The quantitative estimate of drug-likeness (QED) is 0.209. The van der Waals surface area contributed by atoms with Gasteiger partial charge < -0.3 is 10.2 Å². The highest BCUT2D eigenvalue weighted by Crippen LogP contribution is 2.50. The van der Waals surface area contributed by atoms with Crippen LogP contribution in [0.3, 0.4) is 0 Å². The Labute approximate surface area is 268 Å². The second kappa shape index (κ2) is 11.4. The first kappa shape index (κ1) is 27.4. The number of hydrogen-bond acceptors (Lipinski definition) is 2. The highest BCUT2D eigenvalue weighted by Gasteiger charge is 2.22. The number of hydrogen-bond donors (Lipinski definition) is 2. The van der Waals surface area contributed by atoms with Crippen LogP contribution in [0.5, 0.6) is 11.5 Å². The third-order valence-electron chi connectivity index (χ3n) is 8.87. The summed E-state index contributed by atoms with van der Waals surface area (Å²) in [6.45, 7) is 0. The van der Waals surface area contributed by atoms with E-state index in [-0.39, 0.29) is 11.5 Å². The number of fused-ring (bicyclic) bond motifs is 2. The first-order chi connectivity index (χ1) is 22.7. The van der Waals surface area contributed by atoms with Gasteiger partial charge in [-0.1, -0.05) is 146 Å². The Balaban J connectivity index is 1.45. The lowest BCUT2D eigenvalue weighted by Crippen LogP contribution is -1.93. The predicted molar refractivity (Wildman–Crippen MR) is 192 cm³/mol. The molecule has 0 unspecified atom stereocenters. The van der Waals surface area contributed by atoms with Crippen LogP contribution < -0.4 is 0 Å². The second-order valence-corrected chi connectivity index (χ2v) is 11.6. The second-order valence-electron chi connectivity index (χ2n) is 11.6. The van der Waals surface area contributed by atoms with Gasteiger partial charge in [0, 0.05) is 11.1 Å². The molecule has 8 aromatic carbocycles. The van der Waals surface area contributed by atoms with Gasteiger partial charge in [-0.25, -0.2) is 0 Å². The lowest BCUT2D eigenvalue weighted by molar-refractivity contribution is 0.470. The van der Waals surface area contributed by atoms with Crippen LogP contribution in [0.4, 0.5) is 0 Å². The normalized spacial score (nSPS) is 11.2. The summed E-state index contributed by atoms with van der Waals surface area (Å²) in [5.41, 5.74) is 9.54. The molecule has 2 heteroatoms. The van der Waals surface area contributed by atoms with E-state index in [0.717, 1.165) is 66.1 Å². The van der Waals surface area contributed by atoms with Crippen molar-refractivity contribution in [3.05, 3.63) is 170 Å². The lowest BCUT2D eigenvalue weighted by atomic mass is 9.85. The van der Waals surface area contributed by atoms with Gasteiger partial charge in [0.15, 0.2) is 0 Å². The molecule has 0 aliphatic heterocycles. The fourth-order valence-electron chi connectivity index (χ4n) is 6.68. The topological polar surface area (TPSA) is 40.5 Å². The maximum absolute atomic E-state index is 11.9. The van der Waals surface area contributed by atoms with Crippen molar-refractivity contribution >= 4 is 21.5 Å². The van der Waals surface area contributed by atoms with Crippen molar-refractivity contribution in [1.82, 2.24) is 0 Å². The van der Waals surface area contributed by atoms with Gasteiger partial charge in [-0.05, 0) is 90.3 Å². The van der Waals surface area contributed by atoms with E-state index in [0.29, 0.717) is 11.1 Å². The molecule has 0 aliphatic carbocycles. The Morgan fingerprint density at radius 1 is 0.261 bits per heavy atom. The molecule has 8 aromatic rings. The average Bonchev–Trinajstić information content (AvgIpc) is 3.12. The number of benzene rings is 8. The SMILES string of the molecule is Oc1cc(-c2ccccc2)c2cc(-c3ccccc3)ccc2c1-c1c(O)cc(-c2ccccc2)c2cc(-c3ccccc3)ccc12. The van der Waals surface area contributed by atoms with Crippen molar-refractivity contribution in [3.8, 4) is 67.1 Å². The van der Waals surface area contributed by atoms with Gasteiger partial charge in [0.2, 0.25) is 0 Å². The summed E-state index contributed by atoms with van der Waals surface area (Å²) < 4.78 is 0. The van der Waals surface area contributed by atoms with Crippen LogP contribution >= 0.6 is 0 Å². The summed E-state index contributed by atoms with van der Waals surface area (Å²) in [5.74, 6) is 0.241. The zero-order valence-corrected chi connectivity index (χ0v) is 25.1. The molecule has 0 aromatic heterocycles. The molecule has 0 amide bonds. The van der Waals surface area contributed by atoms with Crippen molar-refractivity contribution in [1.29, 1.82) is 0 Å². The first-order valence-electron chi connectivity index (χ1n) is 15.5. The van der Waals surface area contributed by atoms with Gasteiger partial charge >= 0.3 is 0 Å². The third kappa shape index (κ3) is 4.77. The van der Waals surface area contributed by atoms with E-state index in [2.05, 4.69) is 84.9 Å². The summed E-state index contributed by atoms with van der Waals surface area (Å²) in [5, 5.41) is 27.5. The van der Waals surface area contributed by atoms with Gasteiger partial charge in [0.05, 0.1) is 0 Å². The van der Waals surface area contributed by atoms with Crippen molar-refractivity contribution in [2.75, 3.05) is 0 Å². The van der Waals surface area contributed by atoms with Crippen molar-refractivity contribution in [2.24, 2.45) is 0 Å². The Bertz CT molecular complexity index is 2170. The minimum Gasteiger partial charge on any atom is -0.507 e. The molecule has 0 bridgehead atoms. The van der Waals surface area contributed by atoms with Gasteiger partial charge in [0.1, 0.15) is 11.5 Å². The number of phenolic OH excluding ortho intramolecular Hbond substituents is 2. The molecule has 0 spiro atoms. The number of phenols is 2. The third-order valence-corrected chi connectivity index (χ3v) is 8.87. The molecule has 46 heavy (non-hydrogen) atoms. The smallest absolute Gasteiger partial charge is 0.124 e. The molecule has 0 aliphatic rings. The van der Waals surface area contributed by atoms with E-state index in [1.165, 1.54) is 0 Å². The zero-order chi connectivity index (χ0) is 31.0. The molecule has 8 rings (SSSR count). The highest BCUT2D eigenvalue weighted by atomic mass is 16.3. The van der Waals surface area contributed by atoms with Crippen LogP contribution in [0.1, 0.15) is 0 Å². The monoisotopic (exact) mass is 590 g/mol. The van der Waals surface area contributed by atoms with Crippen LogP contribution in [0.15, 0.2) is 170 Å². The van der Waals surface area contributed by atoms with Crippen LogP contribution in [-0.2, 0) is 0 Å². The van der Waals surface area contributed by atoms with Gasteiger partial charge in [-0.15, -0.1) is 0 Å². The standard InChI is InChI=1S/C44H30O2/c45-41-27-37(31-17-9-3-10-18-31)39-25-33(29-13-5-1-6-14-29)21-23-35(39)43(41)44-36-24-22-34(30-15-7-2-8-16-30)26-40(36)38(28-42(44)46)32-19-11-4-12-20-32/h1-28,45-46H. The predicted octanol–water partition coefficient (Wildman–Crippen LogP) is 11.7. The summed E-state index contributed by atoms with van der Waals surface area (Å²) in [7, 11) is 0. The highest BCUT2D eigenvalue weighted by molar-refractivity contribution is 6.16. The maximum atomic E-state index is 11.9. The Morgan fingerprint density at radius 3 is 0.935 bits per heavy atom. The fourth-order valence-corrected chi connectivity index (χ4v) is 6.68. The minimum atomic E-state index is 0.120. The molecule has 2 N–H and O–H groups in total. The first-order valence-corrected chi connectivity index (χ1v) is 15.5. The molecule has 2 nitrogen and oxygen atoms in total. The van der Waals surface area contributed by atoms with Gasteiger partial charge in [0.25, 0.3) is 0 Å². The number of rotatable bonds is 5. The van der Waals surface area contributed by atoms with E-state index < -0.39 is 0 Å². The molecule has 0 heterocycles. The molecule has 0 saturated carbocycles. The van der Waals surface area contributed by atoms with Gasteiger partial charge in [-0.3, -0.25) is 0 Å². The molecule has 0 radical (unpaired) electrons. The number of aromatic hydroxyl groups is 2. The van der Waals surface area contributed by atoms with E-state index in [4.69, 9.17) is 0 Å². The van der Waals surface area contributed by atoms with Crippen LogP contribution in [0, 0.1) is 0 Å². The fraction of sp³-hybridized carbons (Fsp3) is 0. The molecule has 0 atom stereocenters. The van der Waals surface area contributed by atoms with E-state index in [1.54, 1.807) is 0 Å². The van der Waals surface area contributed by atoms with E-state index >= 15 is 0 Å². The lowest BCUT2D eigenvalue weighted by Gasteiger charge is -2.20. The Morgan fingerprint density at radius 2 is 0.587 bits per heavy atom. The zero-order valence-electron chi connectivity index (χ0n) is 25.1. The van der Waals surface area contributed by atoms with Crippen LogP contribution in [0.25, 0.3) is 77.2 Å². The molecule has 218 valence electrons.